The molecule has 10 heteroatoms. The number of aliphatic hydroxyl groups is 5. The van der Waals surface area contributed by atoms with E-state index in [0.29, 0.717) is 32.3 Å². The number of hydrogen-bond donors (Lipinski definition) is 5. The maximum Gasteiger partial charge on any atom is 0.349 e. The average Bonchev–Trinajstić information content (AvgIpc) is 3.13. The molecule has 0 saturated heterocycles. The molecule has 0 spiro atoms. The van der Waals surface area contributed by atoms with Gasteiger partial charge in [0.2, 0.25) is 0 Å². The number of unbranched alkanes of at least 4 members (excludes halogenated alkanes) is 24. The summed E-state index contributed by atoms with van der Waals surface area (Å²) in [5.41, 5.74) is 0. The van der Waals surface area contributed by atoms with Crippen LogP contribution in [-0.2, 0) is 19.1 Å². The Morgan fingerprint density at radius 2 is 0.815 bits per heavy atom. The van der Waals surface area contributed by atoms with Crippen molar-refractivity contribution in [2.45, 2.75) is 251 Å². The topological polar surface area (TPSA) is 157 Å². The second kappa shape index (κ2) is 36.1. The van der Waals surface area contributed by atoms with E-state index in [2.05, 4.69) is 20.8 Å². The Labute approximate surface area is 331 Å². The molecule has 0 amide bonds. The molecule has 0 aromatic rings. The molecule has 10 nitrogen and oxygen atoms in total. The van der Waals surface area contributed by atoms with E-state index in [1.165, 1.54) is 96.3 Å². The number of nitrogens with zero attached hydrogens (tertiary/aromatic N) is 1. The molecule has 0 fully saturated rings. The normalized spacial score (nSPS) is 12.3. The van der Waals surface area contributed by atoms with Crippen molar-refractivity contribution >= 4 is 11.9 Å². The molecule has 0 saturated carbocycles. The van der Waals surface area contributed by atoms with Crippen LogP contribution < -0.4 is 0 Å². The van der Waals surface area contributed by atoms with E-state index in [9.17, 15) is 35.1 Å². The third-order valence-electron chi connectivity index (χ3n) is 10.6. The zero-order valence-corrected chi connectivity index (χ0v) is 35.3. The molecule has 0 heterocycles. The quantitative estimate of drug-likeness (QED) is 0.0230. The highest BCUT2D eigenvalue weighted by atomic mass is 16.7. The number of esters is 2. The number of carbonyl (C=O) groups is 2. The van der Waals surface area contributed by atoms with Gasteiger partial charge in [0, 0.05) is 25.9 Å². The summed E-state index contributed by atoms with van der Waals surface area (Å²) in [6.07, 6.45) is 33.1. The number of rotatable bonds is 41. The van der Waals surface area contributed by atoms with E-state index in [-0.39, 0.29) is 31.1 Å². The molecule has 0 bridgehead atoms. The largest absolute Gasteiger partial charge is 0.466 e. The van der Waals surface area contributed by atoms with Gasteiger partial charge >= 0.3 is 23.8 Å². The van der Waals surface area contributed by atoms with Crippen LogP contribution in [0.4, 0.5) is 0 Å². The van der Waals surface area contributed by atoms with Crippen molar-refractivity contribution in [2.75, 3.05) is 19.7 Å². The van der Waals surface area contributed by atoms with Gasteiger partial charge in [-0.25, -0.2) is 4.90 Å². The predicted octanol–water partition coefficient (Wildman–Crippen LogP) is 9.95. The van der Waals surface area contributed by atoms with Crippen molar-refractivity contribution in [3.8, 4) is 0 Å². The Kier molecular flexibility index (Phi) is 35.2. The third kappa shape index (κ3) is 30.9. The van der Waals surface area contributed by atoms with Crippen LogP contribution in [0.15, 0.2) is 0 Å². The van der Waals surface area contributed by atoms with Crippen LogP contribution in [-0.4, -0.2) is 80.1 Å². The summed E-state index contributed by atoms with van der Waals surface area (Å²) in [6, 6.07) is 0. The number of ether oxygens (including phenoxy) is 2. The lowest BCUT2D eigenvalue weighted by molar-refractivity contribution is -0.486. The van der Waals surface area contributed by atoms with E-state index >= 15 is 0 Å². The molecule has 5 N–H and O–H groups in total. The summed E-state index contributed by atoms with van der Waals surface area (Å²) in [5.74, 6) is -7.17. The highest BCUT2D eigenvalue weighted by molar-refractivity contribution is 5.69. The van der Waals surface area contributed by atoms with Gasteiger partial charge in [0.05, 0.1) is 6.61 Å². The Hall–Kier alpha value is -1.30. The van der Waals surface area contributed by atoms with Crippen LogP contribution in [0.25, 0.3) is 0 Å². The Balaban J connectivity index is 4.36. The van der Waals surface area contributed by atoms with Crippen molar-refractivity contribution < 1.29 is 44.6 Å². The van der Waals surface area contributed by atoms with Gasteiger partial charge in [-0.3, -0.25) is 9.59 Å². The Morgan fingerprint density at radius 1 is 0.463 bits per heavy atom. The van der Waals surface area contributed by atoms with Crippen LogP contribution >= 0.6 is 0 Å². The van der Waals surface area contributed by atoms with Gasteiger partial charge in [0.25, 0.3) is 0 Å². The van der Waals surface area contributed by atoms with Gasteiger partial charge in [0.15, 0.2) is 0 Å². The Bertz CT molecular complexity index is 832. The molecule has 0 atom stereocenters. The van der Waals surface area contributed by atoms with Crippen LogP contribution in [0.1, 0.15) is 233 Å². The van der Waals surface area contributed by atoms with E-state index in [0.717, 1.165) is 94.8 Å². The molecular weight excluding hydrogens is 686 g/mol. The monoisotopic (exact) mass is 774 g/mol. The van der Waals surface area contributed by atoms with E-state index in [4.69, 9.17) is 9.47 Å². The van der Waals surface area contributed by atoms with Gasteiger partial charge in [0.1, 0.15) is 6.10 Å². The summed E-state index contributed by atoms with van der Waals surface area (Å²) in [7, 11) is 0. The Morgan fingerprint density at radius 3 is 1.24 bits per heavy atom. The predicted molar refractivity (Wildman–Crippen MR) is 218 cm³/mol. The minimum atomic E-state index is -3.69. The highest BCUT2D eigenvalue weighted by Crippen LogP contribution is 2.23. The molecule has 0 aromatic heterocycles. The van der Waals surface area contributed by atoms with Gasteiger partial charge < -0.3 is 35.0 Å². The van der Waals surface area contributed by atoms with Crippen LogP contribution in [0.3, 0.4) is 0 Å². The maximum absolute atomic E-state index is 12.7. The first kappa shape index (κ1) is 52.7. The van der Waals surface area contributed by atoms with Gasteiger partial charge in [-0.15, -0.1) is 0 Å². The fourth-order valence-corrected chi connectivity index (χ4v) is 6.97. The summed E-state index contributed by atoms with van der Waals surface area (Å²) in [5, 5.41) is 49.6. The molecule has 0 unspecified atom stereocenters. The second-order valence-corrected chi connectivity index (χ2v) is 15.9. The fourth-order valence-electron chi connectivity index (χ4n) is 6.97. The van der Waals surface area contributed by atoms with Gasteiger partial charge in [-0.2, -0.15) is 0 Å². The highest BCUT2D eigenvalue weighted by Gasteiger charge is 2.51. The SMILES string of the molecule is CCCCCCCCCOC(=O)CCCCCCCN(CCCCCCCC(=O)OC(CCCCCCCC)CCCCCCCC)C(O)(O)C(O)(O)O. The van der Waals surface area contributed by atoms with E-state index in [1.54, 1.807) is 0 Å². The minimum absolute atomic E-state index is 0.0166. The van der Waals surface area contributed by atoms with Crippen molar-refractivity contribution in [3.05, 3.63) is 0 Å². The second-order valence-electron chi connectivity index (χ2n) is 15.9. The molecule has 0 aliphatic rings. The van der Waals surface area contributed by atoms with E-state index < -0.39 is 11.9 Å². The summed E-state index contributed by atoms with van der Waals surface area (Å²) >= 11 is 0. The lowest BCUT2D eigenvalue weighted by Gasteiger charge is -2.39. The minimum Gasteiger partial charge on any atom is -0.466 e. The van der Waals surface area contributed by atoms with Crippen molar-refractivity contribution in [3.63, 3.8) is 0 Å². The van der Waals surface area contributed by atoms with Crippen molar-refractivity contribution in [1.82, 2.24) is 4.90 Å². The number of carbonyl (C=O) groups excluding carboxylic acids is 2. The lowest BCUT2D eigenvalue weighted by atomic mass is 10.0. The lowest BCUT2D eigenvalue weighted by Crippen LogP contribution is -2.65. The first-order chi connectivity index (χ1) is 26.0. The maximum atomic E-state index is 12.7. The zero-order valence-electron chi connectivity index (χ0n) is 35.3. The van der Waals surface area contributed by atoms with Crippen LogP contribution in [0.2, 0.25) is 0 Å². The fraction of sp³-hybridized carbons (Fsp3) is 0.955. The molecule has 0 radical (unpaired) electrons. The average molecular weight is 774 g/mol. The van der Waals surface area contributed by atoms with Crippen LogP contribution in [0, 0.1) is 0 Å². The first-order valence-corrected chi connectivity index (χ1v) is 22.7. The smallest absolute Gasteiger partial charge is 0.349 e. The van der Waals surface area contributed by atoms with E-state index in [1.807, 2.05) is 0 Å². The zero-order chi connectivity index (χ0) is 40.2. The molecule has 0 aliphatic carbocycles. The molecular formula is C44H87NO9. The van der Waals surface area contributed by atoms with Crippen molar-refractivity contribution in [2.24, 2.45) is 0 Å². The van der Waals surface area contributed by atoms with Crippen molar-refractivity contribution in [1.29, 1.82) is 0 Å². The number of hydrogen-bond acceptors (Lipinski definition) is 10. The molecule has 0 rings (SSSR count). The van der Waals surface area contributed by atoms with Crippen LogP contribution in [0.5, 0.6) is 0 Å². The molecule has 0 aliphatic heterocycles. The van der Waals surface area contributed by atoms with Gasteiger partial charge in [-0.05, 0) is 57.8 Å². The third-order valence-corrected chi connectivity index (χ3v) is 10.6. The summed E-state index contributed by atoms with van der Waals surface area (Å²) < 4.78 is 11.3. The summed E-state index contributed by atoms with van der Waals surface area (Å²) in [4.78, 5) is 25.8. The van der Waals surface area contributed by atoms with Gasteiger partial charge in [-0.1, -0.05) is 162 Å². The summed E-state index contributed by atoms with van der Waals surface area (Å²) in [6.45, 7) is 7.46. The molecule has 54 heavy (non-hydrogen) atoms. The molecule has 0 aromatic carbocycles. The molecule has 322 valence electrons. The first-order valence-electron chi connectivity index (χ1n) is 22.7. The standard InChI is InChI=1S/C44H87NO9/c1-4-7-10-13-16-25-32-39-53-41(46)35-28-21-17-23-30-37-45(43(48,49)44(50,51)52)38-31-24-18-22-29-36-42(47)54-40(33-26-19-14-11-8-5-2)34-27-20-15-12-9-6-3/h40,48-52H,4-39H2,1-3H3.